The summed E-state index contributed by atoms with van der Waals surface area (Å²) in [7, 11) is 0. The average Bonchev–Trinajstić information content (AvgIpc) is 2.82. The van der Waals surface area contributed by atoms with Crippen LogP contribution in [-0.4, -0.2) is 44.2 Å². The predicted molar refractivity (Wildman–Crippen MR) is 103 cm³/mol. The molecule has 26 heavy (non-hydrogen) atoms. The van der Waals surface area contributed by atoms with Crippen molar-refractivity contribution in [2.45, 2.75) is 89.4 Å². The fraction of sp³-hybridized carbons (Fsp3) is 0.762. The standard InChI is InChI=1S/C21H36O5/c1-3-4-9-13-21(2,26)14-12-17-16(18(22)15-19(17)23)10-7-5-6-8-11-20(24)25/h5,7,12,14,16-19,22-23,26H,3-4,6,8-11,13,15H2,1-2H3,(H,24,25)/b7-5-,14-12-/t16-,17-,18+,19-,21+/m1/s1. The number of aliphatic carboxylic acids is 1. The van der Waals surface area contributed by atoms with Crippen LogP contribution in [0.15, 0.2) is 24.3 Å². The van der Waals surface area contributed by atoms with Crippen LogP contribution in [0.4, 0.5) is 0 Å². The monoisotopic (exact) mass is 368 g/mol. The zero-order valence-corrected chi connectivity index (χ0v) is 16.2. The molecule has 0 heterocycles. The van der Waals surface area contributed by atoms with Crippen molar-refractivity contribution < 1.29 is 25.2 Å². The number of rotatable bonds is 12. The summed E-state index contributed by atoms with van der Waals surface area (Å²) in [5.74, 6) is -1.04. The summed E-state index contributed by atoms with van der Waals surface area (Å²) in [6, 6.07) is 0. The second-order valence-electron chi connectivity index (χ2n) is 7.78. The quantitative estimate of drug-likeness (QED) is 0.312. The highest BCUT2D eigenvalue weighted by molar-refractivity contribution is 5.66. The van der Waals surface area contributed by atoms with Gasteiger partial charge in [-0.3, -0.25) is 4.79 Å². The van der Waals surface area contributed by atoms with E-state index >= 15 is 0 Å². The number of carbonyl (C=O) groups is 1. The fourth-order valence-electron chi connectivity index (χ4n) is 3.58. The first-order chi connectivity index (χ1) is 12.3. The Bertz CT molecular complexity index is 469. The van der Waals surface area contributed by atoms with E-state index in [1.165, 1.54) is 0 Å². The predicted octanol–water partition coefficient (Wildman–Crippen LogP) is 3.43. The number of aliphatic hydroxyl groups excluding tert-OH is 2. The summed E-state index contributed by atoms with van der Waals surface area (Å²) in [5.41, 5.74) is -0.889. The molecule has 1 aliphatic carbocycles. The van der Waals surface area contributed by atoms with Crippen LogP contribution < -0.4 is 0 Å². The van der Waals surface area contributed by atoms with E-state index < -0.39 is 23.8 Å². The van der Waals surface area contributed by atoms with E-state index in [1.807, 2.05) is 18.2 Å². The topological polar surface area (TPSA) is 98.0 Å². The Morgan fingerprint density at radius 1 is 1.15 bits per heavy atom. The number of carboxylic acids is 1. The van der Waals surface area contributed by atoms with Crippen LogP contribution in [0.2, 0.25) is 0 Å². The Morgan fingerprint density at radius 2 is 1.88 bits per heavy atom. The van der Waals surface area contributed by atoms with Crippen molar-refractivity contribution in [2.24, 2.45) is 11.8 Å². The number of hydrogen-bond acceptors (Lipinski definition) is 4. The lowest BCUT2D eigenvalue weighted by atomic mass is 9.88. The van der Waals surface area contributed by atoms with Crippen LogP contribution in [0.1, 0.15) is 71.6 Å². The Kier molecular flexibility index (Phi) is 10.1. The zero-order chi connectivity index (χ0) is 19.6. The van der Waals surface area contributed by atoms with Crippen LogP contribution in [0.5, 0.6) is 0 Å². The number of hydrogen-bond donors (Lipinski definition) is 4. The first-order valence-electron chi connectivity index (χ1n) is 9.91. The van der Waals surface area contributed by atoms with Gasteiger partial charge in [-0.2, -0.15) is 0 Å². The molecule has 5 atom stereocenters. The summed E-state index contributed by atoms with van der Waals surface area (Å²) < 4.78 is 0. The molecule has 0 aromatic rings. The van der Waals surface area contributed by atoms with Gasteiger partial charge in [0.05, 0.1) is 17.8 Å². The van der Waals surface area contributed by atoms with Gasteiger partial charge >= 0.3 is 5.97 Å². The first-order valence-corrected chi connectivity index (χ1v) is 9.91. The van der Waals surface area contributed by atoms with Gasteiger partial charge in [0.25, 0.3) is 0 Å². The molecule has 0 radical (unpaired) electrons. The van der Waals surface area contributed by atoms with Crippen LogP contribution in [0.25, 0.3) is 0 Å². The third-order valence-corrected chi connectivity index (χ3v) is 5.22. The van der Waals surface area contributed by atoms with E-state index in [1.54, 1.807) is 13.0 Å². The van der Waals surface area contributed by atoms with Gasteiger partial charge in [0.1, 0.15) is 0 Å². The molecule has 4 N–H and O–H groups in total. The van der Waals surface area contributed by atoms with Crippen molar-refractivity contribution in [2.75, 3.05) is 0 Å². The van der Waals surface area contributed by atoms with Gasteiger partial charge in [0.2, 0.25) is 0 Å². The molecule has 1 rings (SSSR count). The van der Waals surface area contributed by atoms with E-state index in [9.17, 15) is 20.1 Å². The van der Waals surface area contributed by atoms with Gasteiger partial charge in [-0.25, -0.2) is 0 Å². The SMILES string of the molecule is CCCCC[C@](C)(O)/C=C\[C@@H]1[C@@H](C/C=C\CCCC(=O)O)[C@@H](O)C[C@H]1O. The molecular formula is C21H36O5. The molecule has 150 valence electrons. The molecule has 1 aliphatic rings. The third-order valence-electron chi connectivity index (χ3n) is 5.22. The minimum Gasteiger partial charge on any atom is -0.481 e. The van der Waals surface area contributed by atoms with E-state index in [0.29, 0.717) is 32.1 Å². The number of allylic oxidation sites excluding steroid dienone is 2. The van der Waals surface area contributed by atoms with Crippen molar-refractivity contribution in [3.05, 3.63) is 24.3 Å². The Labute approximate surface area is 157 Å². The number of unbranched alkanes of at least 4 members (excludes halogenated alkanes) is 3. The minimum atomic E-state index is -0.889. The lowest BCUT2D eigenvalue weighted by Crippen LogP contribution is -2.24. The minimum absolute atomic E-state index is 0.0802. The molecule has 0 saturated heterocycles. The molecule has 0 aliphatic heterocycles. The molecule has 5 nitrogen and oxygen atoms in total. The normalized spacial score (nSPS) is 28.8. The summed E-state index contributed by atoms with van der Waals surface area (Å²) in [6.45, 7) is 3.91. The van der Waals surface area contributed by atoms with Crippen LogP contribution in [0.3, 0.4) is 0 Å². The largest absolute Gasteiger partial charge is 0.481 e. The van der Waals surface area contributed by atoms with Gasteiger partial charge in [-0.1, -0.05) is 50.5 Å². The van der Waals surface area contributed by atoms with Gasteiger partial charge in [-0.15, -0.1) is 0 Å². The maximum absolute atomic E-state index is 10.5. The zero-order valence-electron chi connectivity index (χ0n) is 16.2. The van der Waals surface area contributed by atoms with Crippen LogP contribution in [-0.2, 0) is 4.79 Å². The van der Waals surface area contributed by atoms with E-state index in [2.05, 4.69) is 6.92 Å². The number of carboxylic acid groups (broad SMARTS) is 1. The molecule has 0 unspecified atom stereocenters. The maximum atomic E-state index is 10.5. The highest BCUT2D eigenvalue weighted by atomic mass is 16.4. The van der Waals surface area contributed by atoms with E-state index in [-0.39, 0.29) is 18.3 Å². The van der Waals surface area contributed by atoms with E-state index in [0.717, 1.165) is 19.3 Å². The van der Waals surface area contributed by atoms with Gasteiger partial charge in [0, 0.05) is 18.8 Å². The smallest absolute Gasteiger partial charge is 0.303 e. The maximum Gasteiger partial charge on any atom is 0.303 e. The summed E-state index contributed by atoms with van der Waals surface area (Å²) in [6.07, 6.45) is 12.7. The second kappa shape index (κ2) is 11.5. The van der Waals surface area contributed by atoms with Crippen molar-refractivity contribution in [3.63, 3.8) is 0 Å². The number of aliphatic hydroxyl groups is 3. The molecule has 0 aromatic heterocycles. The summed E-state index contributed by atoms with van der Waals surface area (Å²) >= 11 is 0. The Morgan fingerprint density at radius 3 is 2.54 bits per heavy atom. The molecule has 0 spiro atoms. The average molecular weight is 369 g/mol. The highest BCUT2D eigenvalue weighted by Crippen LogP contribution is 2.37. The first kappa shape index (κ1) is 22.9. The lowest BCUT2D eigenvalue weighted by molar-refractivity contribution is -0.137. The fourth-order valence-corrected chi connectivity index (χ4v) is 3.58. The molecule has 1 saturated carbocycles. The summed E-state index contributed by atoms with van der Waals surface area (Å²) in [5, 5.41) is 39.6. The van der Waals surface area contributed by atoms with Crippen LogP contribution in [0, 0.1) is 11.8 Å². The van der Waals surface area contributed by atoms with Crippen LogP contribution >= 0.6 is 0 Å². The van der Waals surface area contributed by atoms with Crippen molar-refractivity contribution >= 4 is 5.97 Å². The highest BCUT2D eigenvalue weighted by Gasteiger charge is 2.39. The molecule has 5 heteroatoms. The third kappa shape index (κ3) is 8.47. The lowest BCUT2D eigenvalue weighted by Gasteiger charge is -2.23. The molecule has 0 amide bonds. The second-order valence-corrected chi connectivity index (χ2v) is 7.78. The Hall–Kier alpha value is -1.17. The molecule has 0 bridgehead atoms. The molecule has 1 fully saturated rings. The van der Waals surface area contributed by atoms with Crippen molar-refractivity contribution in [1.29, 1.82) is 0 Å². The Balaban J connectivity index is 2.56. The van der Waals surface area contributed by atoms with Crippen molar-refractivity contribution in [1.82, 2.24) is 0 Å². The summed E-state index contributed by atoms with van der Waals surface area (Å²) in [4.78, 5) is 10.5. The van der Waals surface area contributed by atoms with Gasteiger partial charge in [0.15, 0.2) is 0 Å². The van der Waals surface area contributed by atoms with Gasteiger partial charge in [-0.05, 0) is 38.5 Å². The van der Waals surface area contributed by atoms with E-state index in [4.69, 9.17) is 5.11 Å². The molecule has 0 aromatic carbocycles. The van der Waals surface area contributed by atoms with Gasteiger partial charge < -0.3 is 20.4 Å². The van der Waals surface area contributed by atoms with Crippen molar-refractivity contribution in [3.8, 4) is 0 Å². The molecular weight excluding hydrogens is 332 g/mol.